The number of aromatic hydroxyl groups is 1. The van der Waals surface area contributed by atoms with Gasteiger partial charge in [-0.05, 0) is 50.2 Å². The Labute approximate surface area is 166 Å². The molecule has 1 saturated carbocycles. The van der Waals surface area contributed by atoms with Gasteiger partial charge in [0, 0.05) is 28.9 Å². The smallest absolute Gasteiger partial charge is 0.224 e. The van der Waals surface area contributed by atoms with Crippen LogP contribution in [0.5, 0.6) is 5.75 Å². The molecule has 1 aliphatic carbocycles. The molecule has 4 nitrogen and oxygen atoms in total. The molecule has 0 bridgehead atoms. The normalized spacial score (nSPS) is 22.5. The predicted octanol–water partition coefficient (Wildman–Crippen LogP) is 3.61. The van der Waals surface area contributed by atoms with Crippen LogP contribution in [0.25, 0.3) is 0 Å². The maximum absolute atomic E-state index is 12.7. The Balaban J connectivity index is 1.59. The van der Waals surface area contributed by atoms with Gasteiger partial charge < -0.3 is 15.3 Å². The quantitative estimate of drug-likeness (QED) is 0.764. The van der Waals surface area contributed by atoms with Crippen molar-refractivity contribution in [1.29, 1.82) is 0 Å². The molecule has 3 rings (SSSR count). The second kappa shape index (κ2) is 7.91. The Morgan fingerprint density at radius 1 is 1.30 bits per heavy atom. The largest absolute Gasteiger partial charge is 0.508 e. The van der Waals surface area contributed by atoms with E-state index < -0.39 is 0 Å². The second-order valence-corrected chi connectivity index (χ2v) is 8.29. The van der Waals surface area contributed by atoms with Gasteiger partial charge >= 0.3 is 0 Å². The number of amides is 1. The third-order valence-corrected chi connectivity index (χ3v) is 6.07. The first kappa shape index (κ1) is 19.7. The minimum atomic E-state index is -0.0563. The maximum atomic E-state index is 12.7. The molecule has 1 amide bonds. The lowest BCUT2D eigenvalue weighted by atomic mass is 9.95. The Bertz CT molecular complexity index is 809. The second-order valence-electron chi connectivity index (χ2n) is 7.88. The Hall–Kier alpha value is -2.04. The highest BCUT2D eigenvalue weighted by atomic mass is 35.5. The third kappa shape index (κ3) is 4.45. The van der Waals surface area contributed by atoms with Gasteiger partial charge in [0.15, 0.2) is 0 Å². The van der Waals surface area contributed by atoms with Gasteiger partial charge in [-0.15, -0.1) is 0 Å². The molecule has 1 aliphatic rings. The number of nitrogens with zero attached hydrogens (tertiary/aromatic N) is 1. The molecule has 27 heavy (non-hydrogen) atoms. The lowest BCUT2D eigenvalue weighted by Gasteiger charge is -2.25. The van der Waals surface area contributed by atoms with Gasteiger partial charge in [-0.2, -0.15) is 0 Å². The lowest BCUT2D eigenvalue weighted by molar-refractivity contribution is -0.122. The fourth-order valence-corrected chi connectivity index (χ4v) is 3.87. The van der Waals surface area contributed by atoms with Crippen LogP contribution in [0.15, 0.2) is 48.5 Å². The van der Waals surface area contributed by atoms with Crippen LogP contribution in [0.4, 0.5) is 0 Å². The summed E-state index contributed by atoms with van der Waals surface area (Å²) in [6.07, 6.45) is 1.59. The minimum absolute atomic E-state index is 0.0278. The highest BCUT2D eigenvalue weighted by molar-refractivity contribution is 6.31. The van der Waals surface area contributed by atoms with Crippen molar-refractivity contribution in [3.8, 4) is 5.75 Å². The standard InChI is InChI=1S/C22H27ClN2O2/c1-22(16-7-5-4-6-8-16)13-19(22)21(27)24-14-17(25(2)3)11-15-9-10-18(26)12-20(15)23/h4-10,12,17,19,26H,11,13-14H2,1-3H3,(H,24,27)/t17-,19-,22+/m0/s1. The number of nitrogens with one attached hydrogen (secondary N) is 1. The van der Waals surface area contributed by atoms with Crippen LogP contribution in [-0.4, -0.2) is 42.6 Å². The molecular weight excluding hydrogens is 360 g/mol. The average Bonchev–Trinajstić information content (AvgIpc) is 3.34. The summed E-state index contributed by atoms with van der Waals surface area (Å²) in [6.45, 7) is 2.72. The summed E-state index contributed by atoms with van der Waals surface area (Å²) in [7, 11) is 3.99. The van der Waals surface area contributed by atoms with Crippen molar-refractivity contribution in [3.63, 3.8) is 0 Å². The van der Waals surface area contributed by atoms with Crippen LogP contribution in [0.2, 0.25) is 5.02 Å². The number of hydrogen-bond acceptors (Lipinski definition) is 3. The Kier molecular flexibility index (Phi) is 5.78. The molecule has 0 spiro atoms. The van der Waals surface area contributed by atoms with E-state index in [1.165, 1.54) is 5.56 Å². The summed E-state index contributed by atoms with van der Waals surface area (Å²) >= 11 is 6.24. The molecular formula is C22H27ClN2O2. The fourth-order valence-electron chi connectivity index (χ4n) is 3.62. The Morgan fingerprint density at radius 2 is 2.00 bits per heavy atom. The van der Waals surface area contributed by atoms with E-state index in [1.54, 1.807) is 12.1 Å². The number of likely N-dealkylation sites (N-methyl/N-ethyl adjacent to an activating group) is 1. The number of benzene rings is 2. The lowest BCUT2D eigenvalue weighted by Crippen LogP contribution is -2.42. The van der Waals surface area contributed by atoms with Crippen LogP contribution in [-0.2, 0) is 16.6 Å². The zero-order valence-corrected chi connectivity index (χ0v) is 16.8. The van der Waals surface area contributed by atoms with E-state index in [9.17, 15) is 9.90 Å². The first-order valence-corrected chi connectivity index (χ1v) is 9.66. The van der Waals surface area contributed by atoms with Gasteiger partial charge in [-0.3, -0.25) is 4.79 Å². The predicted molar refractivity (Wildman–Crippen MR) is 109 cm³/mol. The molecule has 1 fully saturated rings. The van der Waals surface area contributed by atoms with E-state index >= 15 is 0 Å². The van der Waals surface area contributed by atoms with E-state index in [4.69, 9.17) is 11.6 Å². The van der Waals surface area contributed by atoms with E-state index in [2.05, 4.69) is 29.3 Å². The van der Waals surface area contributed by atoms with Gasteiger partial charge in [0.25, 0.3) is 0 Å². The SMILES string of the molecule is CN(C)[C@H](CNC(=O)[C@@H]1C[C@]1(C)c1ccccc1)Cc1ccc(O)cc1Cl. The van der Waals surface area contributed by atoms with E-state index in [0.29, 0.717) is 18.0 Å². The zero-order chi connectivity index (χ0) is 19.6. The van der Waals surface area contributed by atoms with Crippen molar-refractivity contribution in [2.75, 3.05) is 20.6 Å². The van der Waals surface area contributed by atoms with Crippen LogP contribution >= 0.6 is 11.6 Å². The van der Waals surface area contributed by atoms with E-state index in [0.717, 1.165) is 12.0 Å². The van der Waals surface area contributed by atoms with Crippen molar-refractivity contribution >= 4 is 17.5 Å². The molecule has 0 saturated heterocycles. The van der Waals surface area contributed by atoms with Crippen LogP contribution in [0.1, 0.15) is 24.5 Å². The van der Waals surface area contributed by atoms with Gasteiger partial charge in [0.2, 0.25) is 5.91 Å². The summed E-state index contributed by atoms with van der Waals surface area (Å²) in [5, 5.41) is 13.2. The first-order valence-electron chi connectivity index (χ1n) is 9.28. The number of halogens is 1. The van der Waals surface area contributed by atoms with Crippen LogP contribution < -0.4 is 5.32 Å². The highest BCUT2D eigenvalue weighted by Crippen LogP contribution is 2.53. The minimum Gasteiger partial charge on any atom is -0.508 e. The molecule has 3 atom stereocenters. The molecule has 0 unspecified atom stereocenters. The molecule has 0 aliphatic heterocycles. The summed E-state index contributed by atoms with van der Waals surface area (Å²) in [5.74, 6) is 0.303. The number of carbonyl (C=O) groups is 1. The van der Waals surface area contributed by atoms with Crippen LogP contribution in [0.3, 0.4) is 0 Å². The molecule has 5 heteroatoms. The third-order valence-electron chi connectivity index (χ3n) is 5.72. The average molecular weight is 387 g/mol. The maximum Gasteiger partial charge on any atom is 0.224 e. The zero-order valence-electron chi connectivity index (χ0n) is 16.1. The van der Waals surface area contributed by atoms with E-state index in [1.807, 2.05) is 38.4 Å². The van der Waals surface area contributed by atoms with Crippen molar-refractivity contribution in [2.24, 2.45) is 5.92 Å². The summed E-state index contributed by atoms with van der Waals surface area (Å²) in [4.78, 5) is 14.8. The van der Waals surface area contributed by atoms with Gasteiger partial charge in [-0.1, -0.05) is 54.9 Å². The van der Waals surface area contributed by atoms with Crippen molar-refractivity contribution in [3.05, 3.63) is 64.7 Å². The van der Waals surface area contributed by atoms with Crippen molar-refractivity contribution < 1.29 is 9.90 Å². The van der Waals surface area contributed by atoms with Crippen molar-refractivity contribution in [1.82, 2.24) is 10.2 Å². The number of rotatable bonds is 7. The molecule has 0 aromatic heterocycles. The summed E-state index contributed by atoms with van der Waals surface area (Å²) < 4.78 is 0. The van der Waals surface area contributed by atoms with Crippen LogP contribution in [0, 0.1) is 5.92 Å². The molecule has 0 heterocycles. The monoisotopic (exact) mass is 386 g/mol. The summed E-state index contributed by atoms with van der Waals surface area (Å²) in [5.41, 5.74) is 2.13. The Morgan fingerprint density at radius 3 is 2.63 bits per heavy atom. The van der Waals surface area contributed by atoms with Crippen molar-refractivity contribution in [2.45, 2.75) is 31.2 Å². The molecule has 0 radical (unpaired) electrons. The number of carbonyl (C=O) groups excluding carboxylic acids is 1. The van der Waals surface area contributed by atoms with Gasteiger partial charge in [0.05, 0.1) is 0 Å². The van der Waals surface area contributed by atoms with E-state index in [-0.39, 0.29) is 29.0 Å². The number of hydrogen-bond donors (Lipinski definition) is 2. The molecule has 2 aromatic carbocycles. The van der Waals surface area contributed by atoms with Gasteiger partial charge in [0.1, 0.15) is 5.75 Å². The molecule has 2 N–H and O–H groups in total. The van der Waals surface area contributed by atoms with Gasteiger partial charge in [-0.25, -0.2) is 0 Å². The number of phenolic OH excluding ortho intramolecular Hbond substituents is 1. The molecule has 144 valence electrons. The number of phenols is 1. The first-order chi connectivity index (χ1) is 12.8. The topological polar surface area (TPSA) is 52.6 Å². The summed E-state index contributed by atoms with van der Waals surface area (Å²) in [6, 6.07) is 15.4. The highest BCUT2D eigenvalue weighted by Gasteiger charge is 2.55. The fraction of sp³-hybridized carbons (Fsp3) is 0.409. The molecule has 2 aromatic rings.